The number of rotatable bonds is 5. The van der Waals surface area contributed by atoms with Crippen LogP contribution in [0.2, 0.25) is 5.15 Å². The van der Waals surface area contributed by atoms with Gasteiger partial charge in [-0.15, -0.1) is 11.3 Å². The molecular weight excluding hydrogens is 462 g/mol. The molecule has 5 rings (SSSR count). The Kier molecular flexibility index (Phi) is 5.84. The summed E-state index contributed by atoms with van der Waals surface area (Å²) in [6.45, 7) is 1.41. The van der Waals surface area contributed by atoms with Crippen molar-refractivity contribution in [1.82, 2.24) is 24.6 Å². The number of H-pyrrole nitrogens is 1. The van der Waals surface area contributed by atoms with Crippen molar-refractivity contribution in [2.24, 2.45) is 0 Å². The lowest BCUT2D eigenvalue weighted by Crippen LogP contribution is -2.35. The monoisotopic (exact) mass is 481 g/mol. The Bertz CT molecular complexity index is 1370. The average Bonchev–Trinajstić information content (AvgIpc) is 3.49. The van der Waals surface area contributed by atoms with Crippen molar-refractivity contribution in [2.45, 2.75) is 19.5 Å². The molecule has 1 N–H and O–H groups in total. The van der Waals surface area contributed by atoms with Crippen molar-refractivity contribution in [2.75, 3.05) is 13.7 Å². The van der Waals surface area contributed by atoms with E-state index in [9.17, 15) is 9.59 Å². The highest BCUT2D eigenvalue weighted by atomic mass is 35.5. The van der Waals surface area contributed by atoms with Gasteiger partial charge in [0.15, 0.2) is 11.5 Å². The molecule has 4 aromatic rings. The summed E-state index contributed by atoms with van der Waals surface area (Å²) in [7, 11) is 1.31. The summed E-state index contributed by atoms with van der Waals surface area (Å²) in [4.78, 5) is 35.8. The van der Waals surface area contributed by atoms with Crippen LogP contribution in [0.4, 0.5) is 0 Å². The Morgan fingerprint density at radius 1 is 1.24 bits per heavy atom. The number of thiophene rings is 1. The van der Waals surface area contributed by atoms with Crippen LogP contribution < -0.4 is 5.56 Å². The van der Waals surface area contributed by atoms with Crippen molar-refractivity contribution in [3.63, 3.8) is 0 Å². The van der Waals surface area contributed by atoms with Crippen LogP contribution in [0.15, 0.2) is 52.6 Å². The fourth-order valence-electron chi connectivity index (χ4n) is 3.94. The number of hydrogen-bond donors (Lipinski definition) is 1. The van der Waals surface area contributed by atoms with Crippen LogP contribution in [0.1, 0.15) is 27.3 Å². The number of methoxy groups -OCH3 is 1. The summed E-state index contributed by atoms with van der Waals surface area (Å²) >= 11 is 8.22. The van der Waals surface area contributed by atoms with Gasteiger partial charge in [0.2, 0.25) is 0 Å². The summed E-state index contributed by atoms with van der Waals surface area (Å²) in [6.07, 6.45) is 0.621. The zero-order valence-corrected chi connectivity index (χ0v) is 19.3. The van der Waals surface area contributed by atoms with Gasteiger partial charge < -0.3 is 9.72 Å². The van der Waals surface area contributed by atoms with E-state index >= 15 is 0 Å². The van der Waals surface area contributed by atoms with E-state index < -0.39 is 5.97 Å². The van der Waals surface area contributed by atoms with E-state index in [0.29, 0.717) is 48.2 Å². The van der Waals surface area contributed by atoms with E-state index in [1.165, 1.54) is 23.1 Å². The second-order valence-electron chi connectivity index (χ2n) is 7.63. The minimum absolute atomic E-state index is 0.146. The number of carbonyl (C=O) groups excluding carboxylic acids is 1. The molecule has 10 heteroatoms. The first-order chi connectivity index (χ1) is 16.0. The van der Waals surface area contributed by atoms with Crippen molar-refractivity contribution in [3.05, 3.63) is 85.9 Å². The van der Waals surface area contributed by atoms with Crippen molar-refractivity contribution < 1.29 is 9.53 Å². The van der Waals surface area contributed by atoms with E-state index in [0.717, 1.165) is 16.3 Å². The maximum absolute atomic E-state index is 12.8. The number of esters is 1. The highest BCUT2D eigenvalue weighted by Crippen LogP contribution is 2.28. The fraction of sp³-hybridized carbons (Fsp3) is 0.217. The summed E-state index contributed by atoms with van der Waals surface area (Å²) in [5.74, 6) is 0.0430. The van der Waals surface area contributed by atoms with Gasteiger partial charge in [-0.25, -0.2) is 14.5 Å². The molecular formula is C23H20ClN5O3S. The van der Waals surface area contributed by atoms with E-state index in [-0.39, 0.29) is 11.3 Å². The van der Waals surface area contributed by atoms with Gasteiger partial charge >= 0.3 is 5.97 Å². The number of hydrogen-bond acceptors (Lipinski definition) is 7. The smallest absolute Gasteiger partial charge is 0.358 e. The van der Waals surface area contributed by atoms with Crippen LogP contribution in [-0.2, 0) is 24.2 Å². The Balaban J connectivity index is 1.45. The van der Waals surface area contributed by atoms with Gasteiger partial charge in [0.25, 0.3) is 5.56 Å². The second kappa shape index (κ2) is 8.93. The van der Waals surface area contributed by atoms with Gasteiger partial charge in [-0.05, 0) is 23.6 Å². The topological polar surface area (TPSA) is 93.1 Å². The molecule has 4 heterocycles. The number of aromatic amines is 1. The minimum Gasteiger partial charge on any atom is -0.464 e. The molecule has 0 fully saturated rings. The molecule has 0 saturated heterocycles. The molecule has 0 atom stereocenters. The SMILES string of the molecule is COC(=O)c1nn(-c2ccccc2)c(Cl)c1CN1CCc2nc(-c3cccs3)[nH]c(=O)c2C1. The average molecular weight is 482 g/mol. The van der Waals surface area contributed by atoms with Crippen LogP contribution in [-0.4, -0.2) is 44.3 Å². The van der Waals surface area contributed by atoms with Gasteiger partial charge in [-0.3, -0.25) is 9.69 Å². The van der Waals surface area contributed by atoms with Crippen LogP contribution >= 0.6 is 22.9 Å². The second-order valence-corrected chi connectivity index (χ2v) is 8.94. The number of benzene rings is 1. The third-order valence-electron chi connectivity index (χ3n) is 5.58. The molecule has 3 aromatic heterocycles. The molecule has 0 saturated carbocycles. The normalized spacial score (nSPS) is 13.6. The maximum Gasteiger partial charge on any atom is 0.358 e. The lowest BCUT2D eigenvalue weighted by atomic mass is 10.1. The molecule has 0 unspecified atom stereocenters. The molecule has 0 amide bonds. The number of nitrogens with one attached hydrogen (secondary N) is 1. The quantitative estimate of drug-likeness (QED) is 0.437. The van der Waals surface area contributed by atoms with E-state index in [2.05, 4.69) is 15.0 Å². The Labute approximate surface area is 198 Å². The first-order valence-corrected chi connectivity index (χ1v) is 11.6. The summed E-state index contributed by atoms with van der Waals surface area (Å²) in [5.41, 5.74) is 2.76. The molecule has 168 valence electrons. The lowest BCUT2D eigenvalue weighted by molar-refractivity contribution is 0.0591. The Hall–Kier alpha value is -3.27. The Morgan fingerprint density at radius 3 is 2.79 bits per heavy atom. The number of para-hydroxylation sites is 1. The standard InChI is InChI=1S/C23H20ClN5O3S/c1-32-23(31)19-16(20(24)29(27-19)14-6-3-2-4-7-14)13-28-10-9-17-15(12-28)22(30)26-21(25-17)18-8-5-11-33-18/h2-8,11H,9-10,12-13H2,1H3,(H,25,26,30). The van der Waals surface area contributed by atoms with Crippen LogP contribution in [0.3, 0.4) is 0 Å². The van der Waals surface area contributed by atoms with Crippen LogP contribution in [0, 0.1) is 0 Å². The number of halogens is 1. The van der Waals surface area contributed by atoms with E-state index in [1.807, 2.05) is 47.8 Å². The van der Waals surface area contributed by atoms with E-state index in [4.69, 9.17) is 21.3 Å². The zero-order valence-electron chi connectivity index (χ0n) is 17.7. The maximum atomic E-state index is 12.8. The summed E-state index contributed by atoms with van der Waals surface area (Å²) in [6, 6.07) is 13.2. The highest BCUT2D eigenvalue weighted by Gasteiger charge is 2.28. The third-order valence-corrected chi connectivity index (χ3v) is 6.85. The van der Waals surface area contributed by atoms with Gasteiger partial charge in [0.1, 0.15) is 5.15 Å². The first kappa shape index (κ1) is 21.6. The third kappa shape index (κ3) is 4.10. The van der Waals surface area contributed by atoms with Crippen molar-refractivity contribution >= 4 is 28.9 Å². The molecule has 1 aliphatic rings. The summed E-state index contributed by atoms with van der Waals surface area (Å²) < 4.78 is 6.47. The number of carbonyl (C=O) groups is 1. The molecule has 1 aromatic carbocycles. The Morgan fingerprint density at radius 2 is 2.06 bits per heavy atom. The number of nitrogens with zero attached hydrogens (tertiary/aromatic N) is 4. The highest BCUT2D eigenvalue weighted by molar-refractivity contribution is 7.13. The van der Waals surface area contributed by atoms with Gasteiger partial charge in [0, 0.05) is 31.6 Å². The number of aromatic nitrogens is 4. The summed E-state index contributed by atoms with van der Waals surface area (Å²) in [5, 5.41) is 6.72. The number of ether oxygens (including phenoxy) is 1. The van der Waals surface area contributed by atoms with Crippen molar-refractivity contribution in [3.8, 4) is 16.4 Å². The molecule has 0 bridgehead atoms. The van der Waals surface area contributed by atoms with Gasteiger partial charge in [-0.2, -0.15) is 5.10 Å². The predicted molar refractivity (Wildman–Crippen MR) is 126 cm³/mol. The van der Waals surface area contributed by atoms with Crippen LogP contribution in [0.25, 0.3) is 16.4 Å². The first-order valence-electron chi connectivity index (χ1n) is 10.3. The van der Waals surface area contributed by atoms with Crippen LogP contribution in [0.5, 0.6) is 0 Å². The largest absolute Gasteiger partial charge is 0.464 e. The molecule has 0 radical (unpaired) electrons. The fourth-order valence-corrected chi connectivity index (χ4v) is 4.89. The minimum atomic E-state index is -0.556. The molecule has 8 nitrogen and oxygen atoms in total. The molecule has 0 aliphatic carbocycles. The molecule has 1 aliphatic heterocycles. The lowest BCUT2D eigenvalue weighted by Gasteiger charge is -2.27. The number of fused-ring (bicyclic) bond motifs is 1. The predicted octanol–water partition coefficient (Wildman–Crippen LogP) is 3.68. The molecule has 33 heavy (non-hydrogen) atoms. The van der Waals surface area contributed by atoms with Gasteiger partial charge in [-0.1, -0.05) is 35.9 Å². The zero-order chi connectivity index (χ0) is 22.9. The van der Waals surface area contributed by atoms with E-state index in [1.54, 1.807) is 0 Å². The van der Waals surface area contributed by atoms with Crippen molar-refractivity contribution in [1.29, 1.82) is 0 Å². The van der Waals surface area contributed by atoms with Gasteiger partial charge in [0.05, 0.1) is 28.9 Å². The molecule has 0 spiro atoms.